The highest BCUT2D eigenvalue weighted by molar-refractivity contribution is 6.00. The molecule has 0 radical (unpaired) electrons. The highest BCUT2D eigenvalue weighted by Gasteiger charge is 2.72. The Balaban J connectivity index is 1.85. The maximum atomic E-state index is 14.2. The first kappa shape index (κ1) is 24.9. The summed E-state index contributed by atoms with van der Waals surface area (Å²) in [6, 6.07) is -1.42. The van der Waals surface area contributed by atoms with Gasteiger partial charge in [0, 0.05) is 26.2 Å². The zero-order valence-corrected chi connectivity index (χ0v) is 21.0. The van der Waals surface area contributed by atoms with Gasteiger partial charge in [-0.15, -0.1) is 0 Å². The van der Waals surface area contributed by atoms with E-state index in [0.717, 1.165) is 12.8 Å². The summed E-state index contributed by atoms with van der Waals surface area (Å²) < 4.78 is 6.61. The zero-order chi connectivity index (χ0) is 24.8. The van der Waals surface area contributed by atoms with Crippen LogP contribution in [0.5, 0.6) is 0 Å². The van der Waals surface area contributed by atoms with E-state index >= 15 is 0 Å². The van der Waals surface area contributed by atoms with Gasteiger partial charge >= 0.3 is 0 Å². The summed E-state index contributed by atoms with van der Waals surface area (Å²) >= 11 is 0. The van der Waals surface area contributed by atoms with Crippen molar-refractivity contribution in [2.45, 2.75) is 76.8 Å². The monoisotopic (exact) mass is 473 g/mol. The summed E-state index contributed by atoms with van der Waals surface area (Å²) in [6.45, 7) is 8.83. The third kappa shape index (κ3) is 3.79. The van der Waals surface area contributed by atoms with Crippen LogP contribution in [0.3, 0.4) is 0 Å². The summed E-state index contributed by atoms with van der Waals surface area (Å²) in [5.41, 5.74) is -1.23. The van der Waals surface area contributed by atoms with Gasteiger partial charge in [-0.1, -0.05) is 51.5 Å². The highest BCUT2D eigenvalue weighted by atomic mass is 16.5. The zero-order valence-electron chi connectivity index (χ0n) is 21.0. The van der Waals surface area contributed by atoms with Crippen LogP contribution in [0.4, 0.5) is 0 Å². The second-order valence-electron chi connectivity index (χ2n) is 10.7. The molecule has 188 valence electrons. The number of aliphatic hydroxyl groups excluding tert-OH is 1. The number of ether oxygens (including phenoxy) is 1. The third-order valence-corrected chi connectivity index (χ3v) is 7.92. The van der Waals surface area contributed by atoms with Crippen molar-refractivity contribution in [3.63, 3.8) is 0 Å². The van der Waals surface area contributed by atoms with Crippen LogP contribution in [0.1, 0.15) is 47.0 Å². The SMILES string of the molecule is CCCC(C)N1CC=C[C@]23O[C@@H]4C=CCN(C)C(=O)[C@@H]4[C@H]2C(=O)N([C@@H](CO)CC(C)C)C3C1=O. The van der Waals surface area contributed by atoms with Gasteiger partial charge in [0.2, 0.25) is 17.7 Å². The number of rotatable bonds is 7. The van der Waals surface area contributed by atoms with Crippen molar-refractivity contribution in [1.29, 1.82) is 0 Å². The normalized spacial score (nSPS) is 34.8. The first-order valence-electron chi connectivity index (χ1n) is 12.7. The number of carbonyl (C=O) groups is 3. The topological polar surface area (TPSA) is 90.4 Å². The van der Waals surface area contributed by atoms with Crippen LogP contribution in [0.15, 0.2) is 24.3 Å². The molecule has 0 aromatic carbocycles. The Labute approximate surface area is 202 Å². The molecule has 34 heavy (non-hydrogen) atoms. The van der Waals surface area contributed by atoms with Crippen LogP contribution in [-0.2, 0) is 19.1 Å². The fourth-order valence-corrected chi connectivity index (χ4v) is 6.40. The van der Waals surface area contributed by atoms with Crippen LogP contribution in [0.2, 0.25) is 0 Å². The number of fused-ring (bicyclic) bond motifs is 2. The Kier molecular flexibility index (Phi) is 6.93. The smallest absolute Gasteiger partial charge is 0.249 e. The number of amides is 3. The molecule has 1 spiro atoms. The van der Waals surface area contributed by atoms with Crippen LogP contribution in [0, 0.1) is 17.8 Å². The van der Waals surface area contributed by atoms with E-state index in [0.29, 0.717) is 19.5 Å². The lowest BCUT2D eigenvalue weighted by molar-refractivity contribution is -0.152. The van der Waals surface area contributed by atoms with Crippen molar-refractivity contribution in [3.8, 4) is 0 Å². The first-order chi connectivity index (χ1) is 16.2. The number of carbonyl (C=O) groups excluding carboxylic acids is 3. The van der Waals surface area contributed by atoms with E-state index < -0.39 is 35.6 Å². The minimum Gasteiger partial charge on any atom is -0.394 e. The van der Waals surface area contributed by atoms with Gasteiger partial charge in [-0.05, 0) is 25.7 Å². The maximum Gasteiger partial charge on any atom is 0.249 e. The quantitative estimate of drug-likeness (QED) is 0.567. The van der Waals surface area contributed by atoms with Gasteiger partial charge in [0.1, 0.15) is 11.6 Å². The number of aliphatic hydroxyl groups is 1. The number of likely N-dealkylation sites (N-methyl/N-ethyl adjacent to an activating group) is 1. The number of nitrogens with zero attached hydrogens (tertiary/aromatic N) is 3. The Morgan fingerprint density at radius 1 is 1.12 bits per heavy atom. The number of hydrogen-bond donors (Lipinski definition) is 1. The summed E-state index contributed by atoms with van der Waals surface area (Å²) in [5, 5.41) is 10.3. The highest BCUT2D eigenvalue weighted by Crippen LogP contribution is 2.54. The van der Waals surface area contributed by atoms with Crippen molar-refractivity contribution >= 4 is 17.7 Å². The van der Waals surface area contributed by atoms with Crippen molar-refractivity contribution in [3.05, 3.63) is 24.3 Å². The Morgan fingerprint density at radius 3 is 2.50 bits per heavy atom. The standard InChI is InChI=1S/C26H39N3O5/c1-6-9-17(4)28-13-8-11-26-21(20-19(34-26)10-7-12-27(5)23(20)31)24(32)29(22(26)25(28)33)18(15-30)14-16(2)3/h7-8,10-11,16-22,30H,6,9,12-15H2,1-5H3/t17?,18-,19-,20+,21+,22?,26+/m1/s1. The van der Waals surface area contributed by atoms with Gasteiger partial charge in [0.25, 0.3) is 0 Å². The van der Waals surface area contributed by atoms with Crippen LogP contribution >= 0.6 is 0 Å². The van der Waals surface area contributed by atoms with E-state index in [9.17, 15) is 19.5 Å². The van der Waals surface area contributed by atoms with Gasteiger partial charge in [0.15, 0.2) is 0 Å². The van der Waals surface area contributed by atoms with Gasteiger partial charge < -0.3 is 24.5 Å². The fraction of sp³-hybridized carbons (Fsp3) is 0.731. The van der Waals surface area contributed by atoms with Gasteiger partial charge in [-0.25, -0.2) is 0 Å². The molecule has 4 heterocycles. The molecule has 0 bridgehead atoms. The molecule has 0 aromatic rings. The molecular weight excluding hydrogens is 434 g/mol. The lowest BCUT2D eigenvalue weighted by Gasteiger charge is -2.40. The lowest BCUT2D eigenvalue weighted by atomic mass is 9.77. The number of hydrogen-bond acceptors (Lipinski definition) is 5. The van der Waals surface area contributed by atoms with Crippen molar-refractivity contribution in [1.82, 2.24) is 14.7 Å². The average Bonchev–Trinajstić information content (AvgIpc) is 3.11. The Morgan fingerprint density at radius 2 is 1.85 bits per heavy atom. The molecule has 2 fully saturated rings. The molecule has 3 amide bonds. The van der Waals surface area contributed by atoms with Crippen LogP contribution in [-0.4, -0.2) is 94.1 Å². The molecule has 0 aromatic heterocycles. The van der Waals surface area contributed by atoms with Crippen molar-refractivity contribution in [2.75, 3.05) is 26.7 Å². The van der Waals surface area contributed by atoms with E-state index in [1.165, 1.54) is 0 Å². The second-order valence-corrected chi connectivity index (χ2v) is 10.7. The minimum atomic E-state index is -1.23. The van der Waals surface area contributed by atoms with Gasteiger partial charge in [-0.2, -0.15) is 0 Å². The lowest BCUT2D eigenvalue weighted by Crippen LogP contribution is -2.59. The first-order valence-corrected chi connectivity index (χ1v) is 12.7. The molecule has 8 nitrogen and oxygen atoms in total. The molecule has 0 aliphatic carbocycles. The van der Waals surface area contributed by atoms with Crippen LogP contribution < -0.4 is 0 Å². The van der Waals surface area contributed by atoms with Crippen LogP contribution in [0.25, 0.3) is 0 Å². The molecule has 4 aliphatic heterocycles. The second kappa shape index (κ2) is 9.46. The maximum absolute atomic E-state index is 14.2. The molecule has 2 unspecified atom stereocenters. The summed E-state index contributed by atoms with van der Waals surface area (Å²) in [6.07, 6.45) is 9.34. The summed E-state index contributed by atoms with van der Waals surface area (Å²) in [4.78, 5) is 46.7. The predicted molar refractivity (Wildman–Crippen MR) is 128 cm³/mol. The van der Waals surface area contributed by atoms with E-state index in [-0.39, 0.29) is 36.3 Å². The van der Waals surface area contributed by atoms with E-state index in [2.05, 4.69) is 6.92 Å². The third-order valence-electron chi connectivity index (χ3n) is 7.92. The van der Waals surface area contributed by atoms with Gasteiger partial charge in [0.05, 0.1) is 30.6 Å². The summed E-state index contributed by atoms with van der Waals surface area (Å²) in [5.74, 6) is -1.85. The fourth-order valence-electron chi connectivity index (χ4n) is 6.40. The summed E-state index contributed by atoms with van der Waals surface area (Å²) in [7, 11) is 1.73. The predicted octanol–water partition coefficient (Wildman–Crippen LogP) is 1.59. The Hall–Kier alpha value is -2.19. The van der Waals surface area contributed by atoms with E-state index in [1.54, 1.807) is 16.8 Å². The molecule has 1 N–H and O–H groups in total. The van der Waals surface area contributed by atoms with Crippen molar-refractivity contribution < 1.29 is 24.2 Å². The molecule has 4 rings (SSSR count). The minimum absolute atomic E-state index is 0.00511. The van der Waals surface area contributed by atoms with E-state index in [1.807, 2.05) is 50.0 Å². The Bertz CT molecular complexity index is 886. The van der Waals surface area contributed by atoms with Gasteiger partial charge in [-0.3, -0.25) is 14.4 Å². The molecular formula is C26H39N3O5. The largest absolute Gasteiger partial charge is 0.394 e. The number of likely N-dealkylation sites (tertiary alicyclic amines) is 1. The van der Waals surface area contributed by atoms with E-state index in [4.69, 9.17) is 4.74 Å². The molecule has 2 saturated heterocycles. The molecule has 4 aliphatic rings. The van der Waals surface area contributed by atoms with Crippen molar-refractivity contribution in [2.24, 2.45) is 17.8 Å². The molecule has 7 atom stereocenters. The average molecular weight is 474 g/mol. The molecule has 0 saturated carbocycles. The molecule has 8 heteroatoms.